The molecule has 0 spiro atoms. The lowest BCUT2D eigenvalue weighted by Crippen LogP contribution is -2.09. The van der Waals surface area contributed by atoms with Crippen molar-refractivity contribution in [3.63, 3.8) is 0 Å². The summed E-state index contributed by atoms with van der Waals surface area (Å²) in [4.78, 5) is 2.36. The number of thiophene rings is 1. The van der Waals surface area contributed by atoms with Gasteiger partial charge in [0, 0.05) is 37.2 Å². The maximum Gasteiger partial charge on any atom is 0.0462 e. The quantitative estimate of drug-likeness (QED) is 0.148. The van der Waals surface area contributed by atoms with Crippen LogP contribution in [0.3, 0.4) is 0 Å². The number of anilines is 3. The van der Waals surface area contributed by atoms with E-state index in [0.29, 0.717) is 0 Å². The second-order valence-electron chi connectivity index (χ2n) is 15.3. The molecule has 0 radical (unpaired) electrons. The van der Waals surface area contributed by atoms with Gasteiger partial charge in [0.1, 0.15) is 0 Å². The van der Waals surface area contributed by atoms with E-state index in [2.05, 4.69) is 241 Å². The lowest BCUT2D eigenvalue weighted by molar-refractivity contribution is 1.28. The van der Waals surface area contributed by atoms with Crippen LogP contribution in [0.25, 0.3) is 86.6 Å². The van der Waals surface area contributed by atoms with E-state index < -0.39 is 0 Å². The molecule has 0 saturated carbocycles. The Bertz CT molecular complexity index is 3290. The number of hydrogen-bond donors (Lipinski definition) is 0. The predicted molar refractivity (Wildman–Crippen MR) is 259 cm³/mol. The van der Waals surface area contributed by atoms with Gasteiger partial charge in [-0.15, -0.1) is 11.3 Å². The average molecular weight is 782 g/mol. The molecule has 0 atom stereocenters. The Kier molecular flexibility index (Phi) is 9.11. The van der Waals surface area contributed by atoms with E-state index in [4.69, 9.17) is 0 Å². The van der Waals surface area contributed by atoms with E-state index in [1.807, 2.05) is 11.3 Å². The summed E-state index contributed by atoms with van der Waals surface area (Å²) in [7, 11) is 0. The summed E-state index contributed by atoms with van der Waals surface area (Å²) in [5.74, 6) is 0. The molecule has 1 nitrogen and oxygen atoms in total. The normalized spacial score (nSPS) is 11.3. The summed E-state index contributed by atoms with van der Waals surface area (Å²) >= 11 is 1.88. The Morgan fingerprint density at radius 2 is 0.700 bits per heavy atom. The van der Waals surface area contributed by atoms with Crippen molar-refractivity contribution < 1.29 is 0 Å². The number of fused-ring (bicyclic) bond motifs is 4. The molecule has 0 N–H and O–H groups in total. The van der Waals surface area contributed by atoms with Gasteiger partial charge in [0.25, 0.3) is 0 Å². The second kappa shape index (κ2) is 15.3. The Hall–Kier alpha value is -7.52. The van der Waals surface area contributed by atoms with Gasteiger partial charge in [-0.05, 0) is 127 Å². The molecule has 0 unspecified atom stereocenters. The van der Waals surface area contributed by atoms with Crippen molar-refractivity contribution in [3.8, 4) is 55.6 Å². The largest absolute Gasteiger partial charge is 0.311 e. The van der Waals surface area contributed by atoms with Crippen LogP contribution < -0.4 is 4.90 Å². The number of rotatable bonds is 8. The van der Waals surface area contributed by atoms with Gasteiger partial charge in [-0.1, -0.05) is 176 Å². The van der Waals surface area contributed by atoms with Crippen molar-refractivity contribution in [1.29, 1.82) is 0 Å². The molecular formula is C58H39NS. The smallest absolute Gasteiger partial charge is 0.0462 e. The van der Waals surface area contributed by atoms with Crippen LogP contribution in [0.2, 0.25) is 0 Å². The van der Waals surface area contributed by atoms with Crippen LogP contribution in [-0.2, 0) is 0 Å². The third-order valence-electron chi connectivity index (χ3n) is 11.7. The molecule has 11 aromatic rings. The molecule has 60 heavy (non-hydrogen) atoms. The zero-order chi connectivity index (χ0) is 39.8. The minimum absolute atomic E-state index is 1.10. The third kappa shape index (κ3) is 6.73. The number of benzene rings is 10. The van der Waals surface area contributed by atoms with Crippen molar-refractivity contribution in [3.05, 3.63) is 237 Å². The first-order valence-corrected chi connectivity index (χ1v) is 21.3. The first kappa shape index (κ1) is 35.6. The summed E-state index contributed by atoms with van der Waals surface area (Å²) in [6.07, 6.45) is 0. The Morgan fingerprint density at radius 3 is 1.33 bits per heavy atom. The molecule has 1 heterocycles. The average Bonchev–Trinajstić information content (AvgIpc) is 3.72. The number of nitrogens with zero attached hydrogens (tertiary/aromatic N) is 1. The van der Waals surface area contributed by atoms with Crippen molar-refractivity contribution in [1.82, 2.24) is 0 Å². The Balaban J connectivity index is 0.945. The van der Waals surface area contributed by atoms with Crippen molar-refractivity contribution in [2.75, 3.05) is 4.90 Å². The molecular weight excluding hydrogens is 743 g/mol. The Labute approximate surface area is 354 Å². The van der Waals surface area contributed by atoms with Gasteiger partial charge in [0.15, 0.2) is 0 Å². The summed E-state index contributed by atoms with van der Waals surface area (Å²) in [5, 5.41) is 5.15. The second-order valence-corrected chi connectivity index (χ2v) is 16.4. The molecule has 0 bridgehead atoms. The highest BCUT2D eigenvalue weighted by Crippen LogP contribution is 2.42. The van der Waals surface area contributed by atoms with E-state index in [-0.39, 0.29) is 0 Å². The monoisotopic (exact) mass is 781 g/mol. The van der Waals surface area contributed by atoms with Gasteiger partial charge in [-0.2, -0.15) is 0 Å². The highest BCUT2D eigenvalue weighted by Gasteiger charge is 2.15. The molecule has 1 aromatic heterocycles. The number of hydrogen-bond acceptors (Lipinski definition) is 2. The maximum absolute atomic E-state index is 2.36. The Morgan fingerprint density at radius 1 is 0.267 bits per heavy atom. The molecule has 282 valence electrons. The summed E-state index contributed by atoms with van der Waals surface area (Å²) < 4.78 is 2.66. The van der Waals surface area contributed by atoms with Gasteiger partial charge >= 0.3 is 0 Å². The van der Waals surface area contributed by atoms with E-state index in [0.717, 1.165) is 17.1 Å². The van der Waals surface area contributed by atoms with Crippen LogP contribution in [0.5, 0.6) is 0 Å². The van der Waals surface area contributed by atoms with Crippen LogP contribution in [0.15, 0.2) is 237 Å². The molecule has 0 saturated heterocycles. The predicted octanol–water partition coefficient (Wildman–Crippen LogP) is 17.0. The first-order chi connectivity index (χ1) is 29.7. The van der Waals surface area contributed by atoms with Crippen molar-refractivity contribution in [2.45, 2.75) is 0 Å². The van der Waals surface area contributed by atoms with Crippen LogP contribution in [0.1, 0.15) is 0 Å². The van der Waals surface area contributed by atoms with Crippen LogP contribution >= 0.6 is 11.3 Å². The fourth-order valence-corrected chi connectivity index (χ4v) is 9.81. The fraction of sp³-hybridized carbons (Fsp3) is 0. The summed E-state index contributed by atoms with van der Waals surface area (Å²) in [5.41, 5.74) is 15.4. The lowest BCUT2D eigenvalue weighted by atomic mass is 9.97. The summed E-state index contributed by atoms with van der Waals surface area (Å²) in [6, 6.07) is 86.0. The van der Waals surface area contributed by atoms with E-state index in [1.165, 1.54) is 86.6 Å². The van der Waals surface area contributed by atoms with Gasteiger partial charge < -0.3 is 4.90 Å². The third-order valence-corrected chi connectivity index (χ3v) is 12.9. The zero-order valence-electron chi connectivity index (χ0n) is 32.9. The highest BCUT2D eigenvalue weighted by atomic mass is 32.1. The van der Waals surface area contributed by atoms with Gasteiger partial charge in [-0.3, -0.25) is 0 Å². The van der Waals surface area contributed by atoms with Crippen LogP contribution in [0.4, 0.5) is 17.1 Å². The van der Waals surface area contributed by atoms with Gasteiger partial charge in [-0.25, -0.2) is 0 Å². The molecule has 0 amide bonds. The molecule has 0 aliphatic rings. The van der Waals surface area contributed by atoms with E-state index >= 15 is 0 Å². The van der Waals surface area contributed by atoms with Crippen LogP contribution in [0, 0.1) is 0 Å². The highest BCUT2D eigenvalue weighted by molar-refractivity contribution is 7.26. The SMILES string of the molecule is c1ccc(-c2cccc(-c3ccc(N(c4ccc(-c5cccc(-c6cccc7c6sc6ccccc67)c5)cc4)c4ccc(-c5ccc6ccccc6c5)cc4)cc3)c2)cc1. The standard InChI is InChI=1S/C58H39NS/c1-2-11-40(12-3-1)46-15-8-16-47(37-46)42-25-31-51(32-26-42)59(53-35-29-44(30-36-53)49-24-23-41-13-4-5-14-45(41)38-49)52-33-27-43(28-34-52)48-17-9-18-50(39-48)54-20-10-21-56-55-19-6-7-22-57(55)60-58(54)56/h1-39H. The van der Waals surface area contributed by atoms with Crippen molar-refractivity contribution in [2.24, 2.45) is 0 Å². The van der Waals surface area contributed by atoms with E-state index in [9.17, 15) is 0 Å². The maximum atomic E-state index is 2.36. The lowest BCUT2D eigenvalue weighted by Gasteiger charge is -2.26. The van der Waals surface area contributed by atoms with Gasteiger partial charge in [0.05, 0.1) is 0 Å². The summed E-state index contributed by atoms with van der Waals surface area (Å²) in [6.45, 7) is 0. The first-order valence-electron chi connectivity index (χ1n) is 20.5. The topological polar surface area (TPSA) is 3.24 Å². The molecule has 11 rings (SSSR count). The van der Waals surface area contributed by atoms with Crippen molar-refractivity contribution >= 4 is 59.3 Å². The van der Waals surface area contributed by atoms with Crippen LogP contribution in [-0.4, -0.2) is 0 Å². The fourth-order valence-electron chi connectivity index (χ4n) is 8.57. The minimum atomic E-state index is 1.10. The molecule has 2 heteroatoms. The molecule has 10 aromatic carbocycles. The molecule has 0 aliphatic heterocycles. The molecule has 0 aliphatic carbocycles. The van der Waals surface area contributed by atoms with Gasteiger partial charge in [0.2, 0.25) is 0 Å². The molecule has 0 fully saturated rings. The van der Waals surface area contributed by atoms with E-state index in [1.54, 1.807) is 0 Å². The zero-order valence-corrected chi connectivity index (χ0v) is 33.7. The minimum Gasteiger partial charge on any atom is -0.311 e.